The Kier molecular flexibility index (Phi) is 4.44. The molecule has 4 N–H and O–H groups in total. The molecule has 0 spiro atoms. The third-order valence-corrected chi connectivity index (χ3v) is 2.77. The molecule has 2 aromatic rings. The lowest BCUT2D eigenvalue weighted by Gasteiger charge is -2.11. The van der Waals surface area contributed by atoms with E-state index in [0.29, 0.717) is 18.8 Å². The van der Waals surface area contributed by atoms with E-state index in [9.17, 15) is 4.79 Å². The molecule has 5 heteroatoms. The molecule has 20 heavy (non-hydrogen) atoms. The first kappa shape index (κ1) is 13.7. The zero-order valence-electron chi connectivity index (χ0n) is 10.9. The van der Waals surface area contributed by atoms with Crippen LogP contribution in [0.4, 0.5) is 11.4 Å². The van der Waals surface area contributed by atoms with Crippen LogP contribution in [0.15, 0.2) is 48.5 Å². The summed E-state index contributed by atoms with van der Waals surface area (Å²) in [5.74, 6) is -0.242. The summed E-state index contributed by atoms with van der Waals surface area (Å²) in [7, 11) is 0. The molecular formula is C15H16N2O3. The van der Waals surface area contributed by atoms with Crippen LogP contribution in [0.25, 0.3) is 0 Å². The number of nitrogens with two attached hydrogens (primary N) is 1. The molecule has 0 unspecified atom stereocenters. The summed E-state index contributed by atoms with van der Waals surface area (Å²) in [4.78, 5) is 11.0. The fourth-order valence-corrected chi connectivity index (χ4v) is 1.78. The van der Waals surface area contributed by atoms with E-state index >= 15 is 0 Å². The van der Waals surface area contributed by atoms with E-state index in [-0.39, 0.29) is 11.3 Å². The van der Waals surface area contributed by atoms with E-state index in [1.807, 2.05) is 30.3 Å². The predicted molar refractivity (Wildman–Crippen MR) is 78.2 cm³/mol. The van der Waals surface area contributed by atoms with Crippen molar-refractivity contribution in [1.29, 1.82) is 0 Å². The minimum Gasteiger partial charge on any atom is -0.492 e. The second-order valence-corrected chi connectivity index (χ2v) is 4.16. The van der Waals surface area contributed by atoms with E-state index in [2.05, 4.69) is 5.32 Å². The number of nitrogen functional groups attached to an aromatic ring is 1. The maximum Gasteiger partial charge on any atom is 0.337 e. The van der Waals surface area contributed by atoms with E-state index in [0.717, 1.165) is 5.75 Å². The largest absolute Gasteiger partial charge is 0.492 e. The number of rotatable bonds is 6. The molecule has 0 heterocycles. The molecule has 0 amide bonds. The monoisotopic (exact) mass is 272 g/mol. The Morgan fingerprint density at radius 2 is 1.90 bits per heavy atom. The van der Waals surface area contributed by atoms with Crippen LogP contribution in [0.1, 0.15) is 10.4 Å². The van der Waals surface area contributed by atoms with Crippen molar-refractivity contribution in [2.45, 2.75) is 0 Å². The first-order valence-electron chi connectivity index (χ1n) is 6.22. The number of nitrogens with one attached hydrogen (secondary N) is 1. The summed E-state index contributed by atoms with van der Waals surface area (Å²) < 4.78 is 5.53. The average molecular weight is 272 g/mol. The standard InChI is InChI=1S/C15H16N2O3/c16-14-12(15(18)19)7-4-8-13(14)17-9-10-20-11-5-2-1-3-6-11/h1-8,17H,9-10,16H2,(H,18,19). The van der Waals surface area contributed by atoms with E-state index in [1.165, 1.54) is 6.07 Å². The van der Waals surface area contributed by atoms with Gasteiger partial charge in [0.1, 0.15) is 12.4 Å². The number of anilines is 2. The van der Waals surface area contributed by atoms with Gasteiger partial charge in [0.25, 0.3) is 0 Å². The molecule has 0 aliphatic carbocycles. The number of aromatic carboxylic acids is 1. The normalized spacial score (nSPS) is 10.0. The summed E-state index contributed by atoms with van der Waals surface area (Å²) in [5, 5.41) is 12.0. The van der Waals surface area contributed by atoms with E-state index < -0.39 is 5.97 Å². The fraction of sp³-hybridized carbons (Fsp3) is 0.133. The molecule has 0 aliphatic rings. The minimum absolute atomic E-state index is 0.0963. The number of para-hydroxylation sites is 2. The number of hydrogen-bond donors (Lipinski definition) is 3. The second kappa shape index (κ2) is 6.47. The zero-order chi connectivity index (χ0) is 14.4. The number of carboxylic acid groups (broad SMARTS) is 1. The van der Waals surface area contributed by atoms with Crippen molar-refractivity contribution in [1.82, 2.24) is 0 Å². The molecule has 0 fully saturated rings. The van der Waals surface area contributed by atoms with E-state index in [1.54, 1.807) is 12.1 Å². The van der Waals surface area contributed by atoms with Crippen LogP contribution >= 0.6 is 0 Å². The number of ether oxygens (including phenoxy) is 1. The summed E-state index contributed by atoms with van der Waals surface area (Å²) in [5.41, 5.74) is 6.72. The molecule has 5 nitrogen and oxygen atoms in total. The molecule has 0 bridgehead atoms. The van der Waals surface area contributed by atoms with Crippen molar-refractivity contribution >= 4 is 17.3 Å². The SMILES string of the molecule is Nc1c(NCCOc2ccccc2)cccc1C(=O)O. The molecule has 0 aliphatic heterocycles. The third-order valence-electron chi connectivity index (χ3n) is 2.77. The van der Waals surface area contributed by atoms with Crippen LogP contribution in [0.2, 0.25) is 0 Å². The van der Waals surface area contributed by atoms with Gasteiger partial charge in [0.05, 0.1) is 16.9 Å². The van der Waals surface area contributed by atoms with Crippen molar-refractivity contribution in [3.63, 3.8) is 0 Å². The van der Waals surface area contributed by atoms with Gasteiger partial charge < -0.3 is 20.9 Å². The van der Waals surface area contributed by atoms with Crippen LogP contribution < -0.4 is 15.8 Å². The van der Waals surface area contributed by atoms with Gasteiger partial charge in [0.15, 0.2) is 0 Å². The minimum atomic E-state index is -1.04. The van der Waals surface area contributed by atoms with Gasteiger partial charge in [-0.25, -0.2) is 4.79 Å². The van der Waals surface area contributed by atoms with Crippen LogP contribution in [-0.4, -0.2) is 24.2 Å². The maximum atomic E-state index is 11.0. The van der Waals surface area contributed by atoms with Crippen molar-refractivity contribution in [3.05, 3.63) is 54.1 Å². The Hall–Kier alpha value is -2.69. The number of hydrogen-bond acceptors (Lipinski definition) is 4. The van der Waals surface area contributed by atoms with Gasteiger partial charge in [0, 0.05) is 6.54 Å². The Labute approximate surface area is 117 Å². The Morgan fingerprint density at radius 1 is 1.15 bits per heavy atom. The molecule has 2 aromatic carbocycles. The topological polar surface area (TPSA) is 84.6 Å². The highest BCUT2D eigenvalue weighted by molar-refractivity contribution is 5.97. The van der Waals surface area contributed by atoms with Gasteiger partial charge in [0.2, 0.25) is 0 Å². The molecule has 0 saturated carbocycles. The highest BCUT2D eigenvalue weighted by atomic mass is 16.5. The second-order valence-electron chi connectivity index (χ2n) is 4.16. The first-order valence-corrected chi connectivity index (χ1v) is 6.22. The average Bonchev–Trinajstić information content (AvgIpc) is 2.46. The quantitative estimate of drug-likeness (QED) is 0.555. The lowest BCUT2D eigenvalue weighted by molar-refractivity contribution is 0.0698. The summed E-state index contributed by atoms with van der Waals surface area (Å²) in [6.07, 6.45) is 0. The molecule has 104 valence electrons. The molecule has 0 atom stereocenters. The summed E-state index contributed by atoms with van der Waals surface area (Å²) in [6.45, 7) is 0.989. The van der Waals surface area contributed by atoms with Crippen molar-refractivity contribution in [2.75, 3.05) is 24.2 Å². The van der Waals surface area contributed by atoms with Crippen molar-refractivity contribution in [3.8, 4) is 5.75 Å². The smallest absolute Gasteiger partial charge is 0.337 e. The van der Waals surface area contributed by atoms with Crippen LogP contribution in [0.5, 0.6) is 5.75 Å². The molecule has 2 rings (SSSR count). The lowest BCUT2D eigenvalue weighted by atomic mass is 10.1. The van der Waals surface area contributed by atoms with Crippen LogP contribution in [0.3, 0.4) is 0 Å². The van der Waals surface area contributed by atoms with Crippen LogP contribution in [-0.2, 0) is 0 Å². The van der Waals surface area contributed by atoms with Gasteiger partial charge in [-0.1, -0.05) is 24.3 Å². The highest BCUT2D eigenvalue weighted by Gasteiger charge is 2.10. The Balaban J connectivity index is 1.88. The van der Waals surface area contributed by atoms with Gasteiger partial charge in [-0.3, -0.25) is 0 Å². The van der Waals surface area contributed by atoms with Gasteiger partial charge in [-0.15, -0.1) is 0 Å². The fourth-order valence-electron chi connectivity index (χ4n) is 1.78. The van der Waals surface area contributed by atoms with Crippen LogP contribution in [0, 0.1) is 0 Å². The summed E-state index contributed by atoms with van der Waals surface area (Å²) >= 11 is 0. The maximum absolute atomic E-state index is 11.0. The van der Waals surface area contributed by atoms with Gasteiger partial charge >= 0.3 is 5.97 Å². The lowest BCUT2D eigenvalue weighted by Crippen LogP contribution is -2.13. The number of carboxylic acids is 1. The van der Waals surface area contributed by atoms with Gasteiger partial charge in [-0.05, 0) is 24.3 Å². The van der Waals surface area contributed by atoms with E-state index in [4.69, 9.17) is 15.6 Å². The predicted octanol–water partition coefficient (Wildman–Crippen LogP) is 2.46. The summed E-state index contributed by atoms with van der Waals surface area (Å²) in [6, 6.07) is 14.3. The molecule has 0 saturated heterocycles. The van der Waals surface area contributed by atoms with Crippen molar-refractivity contribution in [2.24, 2.45) is 0 Å². The molecule has 0 aromatic heterocycles. The zero-order valence-corrected chi connectivity index (χ0v) is 10.9. The highest BCUT2D eigenvalue weighted by Crippen LogP contribution is 2.22. The molecular weight excluding hydrogens is 256 g/mol. The van der Waals surface area contributed by atoms with Gasteiger partial charge in [-0.2, -0.15) is 0 Å². The number of benzene rings is 2. The number of carbonyl (C=O) groups is 1. The Bertz CT molecular complexity index is 585. The molecule has 0 radical (unpaired) electrons. The third kappa shape index (κ3) is 3.41. The Morgan fingerprint density at radius 3 is 2.60 bits per heavy atom. The first-order chi connectivity index (χ1) is 9.68. The van der Waals surface area contributed by atoms with Crippen molar-refractivity contribution < 1.29 is 14.6 Å².